The van der Waals surface area contributed by atoms with Crippen LogP contribution in [0.15, 0.2) is 46.9 Å². The number of rotatable bonds is 5. The Hall–Kier alpha value is -2.01. The van der Waals surface area contributed by atoms with Gasteiger partial charge >= 0.3 is 5.97 Å². The summed E-state index contributed by atoms with van der Waals surface area (Å²) in [7, 11) is 3.01. The Morgan fingerprint density at radius 2 is 1.86 bits per heavy atom. The molecule has 0 spiro atoms. The van der Waals surface area contributed by atoms with Crippen LogP contribution < -0.4 is 10.1 Å². The lowest BCUT2D eigenvalue weighted by Gasteiger charge is -2.11. The van der Waals surface area contributed by atoms with Crippen molar-refractivity contribution in [2.45, 2.75) is 6.54 Å². The quantitative estimate of drug-likeness (QED) is 0.832. The second kappa shape index (κ2) is 7.13. The molecule has 4 nitrogen and oxygen atoms in total. The number of methoxy groups -OCH3 is 2. The second-order valence-electron chi connectivity index (χ2n) is 4.38. The Labute approximate surface area is 132 Å². The molecule has 1 N–H and O–H groups in total. The lowest BCUT2D eigenvalue weighted by molar-refractivity contribution is 0.0601. The molecule has 0 aliphatic heterocycles. The minimum Gasteiger partial charge on any atom is -0.497 e. The second-order valence-corrected chi connectivity index (χ2v) is 5.30. The molecule has 21 heavy (non-hydrogen) atoms. The molecule has 110 valence electrons. The standard InChI is InChI=1S/C16H16BrNO3/c1-20-13-6-3-11(4-7-13)10-18-15-8-5-12(17)9-14(15)16(19)21-2/h3-9,18H,10H2,1-2H3. The lowest BCUT2D eigenvalue weighted by atomic mass is 10.1. The maximum Gasteiger partial charge on any atom is 0.340 e. The summed E-state index contributed by atoms with van der Waals surface area (Å²) in [4.78, 5) is 11.8. The zero-order valence-electron chi connectivity index (χ0n) is 11.9. The molecule has 0 unspecified atom stereocenters. The van der Waals surface area contributed by atoms with Crippen molar-refractivity contribution >= 4 is 27.6 Å². The van der Waals surface area contributed by atoms with E-state index in [1.54, 1.807) is 13.2 Å². The Morgan fingerprint density at radius 1 is 1.14 bits per heavy atom. The highest BCUT2D eigenvalue weighted by molar-refractivity contribution is 9.10. The van der Waals surface area contributed by atoms with Gasteiger partial charge in [0.1, 0.15) is 5.75 Å². The third-order valence-corrected chi connectivity index (χ3v) is 3.52. The predicted molar refractivity (Wildman–Crippen MR) is 85.8 cm³/mol. The molecule has 0 aliphatic rings. The van der Waals surface area contributed by atoms with Crippen molar-refractivity contribution in [2.75, 3.05) is 19.5 Å². The molecule has 0 aliphatic carbocycles. The third kappa shape index (κ3) is 3.98. The number of nitrogens with one attached hydrogen (secondary N) is 1. The fraction of sp³-hybridized carbons (Fsp3) is 0.188. The van der Waals surface area contributed by atoms with Crippen molar-refractivity contribution in [2.24, 2.45) is 0 Å². The zero-order valence-corrected chi connectivity index (χ0v) is 13.4. The predicted octanol–water partition coefficient (Wildman–Crippen LogP) is 3.86. The summed E-state index contributed by atoms with van der Waals surface area (Å²) < 4.78 is 10.8. The van der Waals surface area contributed by atoms with Crippen molar-refractivity contribution in [1.82, 2.24) is 0 Å². The Kier molecular flexibility index (Phi) is 5.22. The molecule has 0 fully saturated rings. The average molecular weight is 350 g/mol. The van der Waals surface area contributed by atoms with Gasteiger partial charge in [-0.3, -0.25) is 0 Å². The van der Waals surface area contributed by atoms with Gasteiger partial charge in [0, 0.05) is 16.7 Å². The van der Waals surface area contributed by atoms with E-state index in [0.29, 0.717) is 12.1 Å². The topological polar surface area (TPSA) is 47.6 Å². The van der Waals surface area contributed by atoms with Gasteiger partial charge in [-0.1, -0.05) is 28.1 Å². The summed E-state index contributed by atoms with van der Waals surface area (Å²) in [5.74, 6) is 0.450. The molecule has 5 heteroatoms. The number of hydrogen-bond acceptors (Lipinski definition) is 4. The molecule has 2 rings (SSSR count). The van der Waals surface area contributed by atoms with Gasteiger partial charge in [0.05, 0.1) is 19.8 Å². The highest BCUT2D eigenvalue weighted by atomic mass is 79.9. The fourth-order valence-corrected chi connectivity index (χ4v) is 2.25. The smallest absolute Gasteiger partial charge is 0.340 e. The third-order valence-electron chi connectivity index (χ3n) is 3.03. The van der Waals surface area contributed by atoms with Gasteiger partial charge in [-0.05, 0) is 35.9 Å². The van der Waals surface area contributed by atoms with Crippen molar-refractivity contribution < 1.29 is 14.3 Å². The first-order valence-corrected chi connectivity index (χ1v) is 7.18. The number of carbonyl (C=O) groups excluding carboxylic acids is 1. The molecule has 0 radical (unpaired) electrons. The van der Waals surface area contributed by atoms with E-state index in [1.165, 1.54) is 7.11 Å². The molecular weight excluding hydrogens is 334 g/mol. The first-order valence-electron chi connectivity index (χ1n) is 6.38. The van der Waals surface area contributed by atoms with Crippen molar-refractivity contribution in [3.05, 3.63) is 58.1 Å². The summed E-state index contributed by atoms with van der Waals surface area (Å²) in [6, 6.07) is 13.2. The largest absolute Gasteiger partial charge is 0.497 e. The van der Waals surface area contributed by atoms with Gasteiger partial charge in [-0.15, -0.1) is 0 Å². The van der Waals surface area contributed by atoms with Crippen LogP contribution >= 0.6 is 15.9 Å². The summed E-state index contributed by atoms with van der Waals surface area (Å²) in [6.45, 7) is 0.607. The van der Waals surface area contributed by atoms with Crippen LogP contribution in [-0.4, -0.2) is 20.2 Å². The van der Waals surface area contributed by atoms with Gasteiger partial charge in [0.2, 0.25) is 0 Å². The SMILES string of the molecule is COC(=O)c1cc(Br)ccc1NCc1ccc(OC)cc1. The van der Waals surface area contributed by atoms with E-state index in [0.717, 1.165) is 21.5 Å². The van der Waals surface area contributed by atoms with Gasteiger partial charge in [-0.2, -0.15) is 0 Å². The highest BCUT2D eigenvalue weighted by Gasteiger charge is 2.12. The van der Waals surface area contributed by atoms with Crippen LogP contribution in [0.4, 0.5) is 5.69 Å². The van der Waals surface area contributed by atoms with Crippen LogP contribution in [0.3, 0.4) is 0 Å². The van der Waals surface area contributed by atoms with Gasteiger partial charge in [0.15, 0.2) is 0 Å². The first-order chi connectivity index (χ1) is 10.1. The van der Waals surface area contributed by atoms with E-state index < -0.39 is 0 Å². The molecule has 0 amide bonds. The van der Waals surface area contributed by atoms with Crippen LogP contribution in [-0.2, 0) is 11.3 Å². The summed E-state index contributed by atoms with van der Waals surface area (Å²) in [5.41, 5.74) is 2.33. The number of hydrogen-bond donors (Lipinski definition) is 1. The average Bonchev–Trinajstić information content (AvgIpc) is 2.53. The molecular formula is C16H16BrNO3. The minimum atomic E-state index is -0.367. The number of anilines is 1. The molecule has 0 atom stereocenters. The maximum absolute atomic E-state index is 11.8. The van der Waals surface area contributed by atoms with Crippen molar-refractivity contribution in [1.29, 1.82) is 0 Å². The van der Waals surface area contributed by atoms with Gasteiger partial charge in [-0.25, -0.2) is 4.79 Å². The fourth-order valence-electron chi connectivity index (χ4n) is 1.89. The van der Waals surface area contributed by atoms with Crippen LogP contribution in [0.1, 0.15) is 15.9 Å². The Balaban J connectivity index is 2.13. The van der Waals surface area contributed by atoms with E-state index in [2.05, 4.69) is 21.2 Å². The minimum absolute atomic E-state index is 0.367. The van der Waals surface area contributed by atoms with E-state index in [9.17, 15) is 4.79 Å². The van der Waals surface area contributed by atoms with E-state index in [-0.39, 0.29) is 5.97 Å². The number of esters is 1. The number of halogens is 1. The monoisotopic (exact) mass is 349 g/mol. The molecule has 0 bridgehead atoms. The van der Waals surface area contributed by atoms with E-state index in [4.69, 9.17) is 9.47 Å². The molecule has 2 aromatic rings. The van der Waals surface area contributed by atoms with Crippen molar-refractivity contribution in [3.63, 3.8) is 0 Å². The summed E-state index contributed by atoms with van der Waals surface area (Å²) >= 11 is 3.36. The maximum atomic E-state index is 11.8. The number of ether oxygens (including phenoxy) is 2. The molecule has 0 aromatic heterocycles. The first kappa shape index (κ1) is 15.4. The van der Waals surface area contributed by atoms with Crippen LogP contribution in [0.5, 0.6) is 5.75 Å². The van der Waals surface area contributed by atoms with E-state index in [1.807, 2.05) is 36.4 Å². The van der Waals surface area contributed by atoms with Gasteiger partial charge in [0.25, 0.3) is 0 Å². The van der Waals surface area contributed by atoms with Crippen LogP contribution in [0.2, 0.25) is 0 Å². The van der Waals surface area contributed by atoms with E-state index >= 15 is 0 Å². The summed E-state index contributed by atoms with van der Waals surface area (Å²) in [5, 5.41) is 3.25. The molecule has 2 aromatic carbocycles. The molecule has 0 heterocycles. The highest BCUT2D eigenvalue weighted by Crippen LogP contribution is 2.23. The molecule has 0 saturated carbocycles. The van der Waals surface area contributed by atoms with Crippen molar-refractivity contribution in [3.8, 4) is 5.75 Å². The Bertz CT molecular complexity index is 626. The normalized spacial score (nSPS) is 10.0. The number of carbonyl (C=O) groups is 1. The van der Waals surface area contributed by atoms with Crippen LogP contribution in [0, 0.1) is 0 Å². The zero-order chi connectivity index (χ0) is 15.2. The van der Waals surface area contributed by atoms with Gasteiger partial charge < -0.3 is 14.8 Å². The molecule has 0 saturated heterocycles. The Morgan fingerprint density at radius 3 is 2.48 bits per heavy atom. The van der Waals surface area contributed by atoms with Crippen LogP contribution in [0.25, 0.3) is 0 Å². The summed E-state index contributed by atoms with van der Waals surface area (Å²) in [6.07, 6.45) is 0. The lowest BCUT2D eigenvalue weighted by Crippen LogP contribution is -2.08. The number of benzene rings is 2.